The lowest BCUT2D eigenvalue weighted by Crippen LogP contribution is -2.24. The van der Waals surface area contributed by atoms with E-state index in [1.807, 2.05) is 10.5 Å². The van der Waals surface area contributed by atoms with E-state index in [4.69, 9.17) is 10.5 Å². The van der Waals surface area contributed by atoms with Crippen LogP contribution in [0.1, 0.15) is 37.0 Å². The zero-order valence-electron chi connectivity index (χ0n) is 12.8. The first-order valence-corrected chi connectivity index (χ1v) is 7.26. The van der Waals surface area contributed by atoms with Gasteiger partial charge in [-0.25, -0.2) is 9.78 Å². The van der Waals surface area contributed by atoms with Crippen LogP contribution in [0.25, 0.3) is 5.65 Å². The number of imidazole rings is 1. The molecule has 0 saturated carbocycles. The zero-order chi connectivity index (χ0) is 15.4. The molecule has 2 N–H and O–H groups in total. The minimum absolute atomic E-state index is 0.333. The van der Waals surface area contributed by atoms with Crippen LogP contribution in [0.4, 0.5) is 5.69 Å². The number of hydrogen-bond acceptors (Lipinski definition) is 5. The summed E-state index contributed by atoms with van der Waals surface area (Å²) in [5.41, 5.74) is 8.38. The van der Waals surface area contributed by atoms with Crippen LogP contribution < -0.4 is 5.73 Å². The first kappa shape index (κ1) is 15.3. The van der Waals surface area contributed by atoms with E-state index in [-0.39, 0.29) is 5.97 Å². The minimum Gasteiger partial charge on any atom is -0.461 e. The van der Waals surface area contributed by atoms with E-state index >= 15 is 0 Å². The predicted molar refractivity (Wildman–Crippen MR) is 82.2 cm³/mol. The van der Waals surface area contributed by atoms with Crippen LogP contribution in [-0.4, -0.2) is 40.0 Å². The summed E-state index contributed by atoms with van der Waals surface area (Å²) in [5.74, 6) is -0.387. The largest absolute Gasteiger partial charge is 0.461 e. The Hall–Kier alpha value is -2.08. The van der Waals surface area contributed by atoms with Crippen molar-refractivity contribution in [3.05, 3.63) is 29.7 Å². The molecule has 6 heteroatoms. The Morgan fingerprint density at radius 2 is 2.05 bits per heavy atom. The number of ether oxygens (including phenoxy) is 1. The second-order valence-electron chi connectivity index (χ2n) is 4.78. The molecular weight excluding hydrogens is 268 g/mol. The van der Waals surface area contributed by atoms with Crippen molar-refractivity contribution >= 4 is 17.3 Å². The van der Waals surface area contributed by atoms with Gasteiger partial charge in [0.1, 0.15) is 5.65 Å². The summed E-state index contributed by atoms with van der Waals surface area (Å²) in [6.45, 7) is 8.72. The first-order chi connectivity index (χ1) is 10.1. The van der Waals surface area contributed by atoms with E-state index in [9.17, 15) is 4.79 Å². The van der Waals surface area contributed by atoms with Crippen molar-refractivity contribution < 1.29 is 9.53 Å². The van der Waals surface area contributed by atoms with Gasteiger partial charge in [-0.05, 0) is 32.1 Å². The summed E-state index contributed by atoms with van der Waals surface area (Å²) in [6.07, 6.45) is 1.80. The van der Waals surface area contributed by atoms with Gasteiger partial charge in [0.2, 0.25) is 0 Å². The van der Waals surface area contributed by atoms with Crippen molar-refractivity contribution in [2.75, 3.05) is 25.4 Å². The number of nitrogens with two attached hydrogens (primary N) is 1. The fourth-order valence-electron chi connectivity index (χ4n) is 2.28. The highest BCUT2D eigenvalue weighted by molar-refractivity contribution is 5.89. The molecule has 0 unspecified atom stereocenters. The summed E-state index contributed by atoms with van der Waals surface area (Å²) < 4.78 is 6.99. The normalized spacial score (nSPS) is 11.2. The van der Waals surface area contributed by atoms with Gasteiger partial charge in [0, 0.05) is 18.4 Å². The molecule has 2 aromatic heterocycles. The van der Waals surface area contributed by atoms with Crippen molar-refractivity contribution in [3.63, 3.8) is 0 Å². The Kier molecular flexibility index (Phi) is 4.80. The van der Waals surface area contributed by atoms with Crippen LogP contribution >= 0.6 is 0 Å². The van der Waals surface area contributed by atoms with Crippen LogP contribution in [-0.2, 0) is 11.3 Å². The molecule has 21 heavy (non-hydrogen) atoms. The SMILES string of the molecule is CCOC(=O)c1nc2ccc(N)cn2c1CN(CC)CC. The van der Waals surface area contributed by atoms with Gasteiger partial charge in [-0.2, -0.15) is 0 Å². The molecule has 0 spiro atoms. The number of aromatic nitrogens is 2. The second kappa shape index (κ2) is 6.58. The van der Waals surface area contributed by atoms with Crippen molar-refractivity contribution in [2.24, 2.45) is 0 Å². The van der Waals surface area contributed by atoms with Crippen LogP contribution in [0.15, 0.2) is 18.3 Å². The Morgan fingerprint density at radius 3 is 2.67 bits per heavy atom. The Labute approximate surface area is 124 Å². The number of nitrogen functional groups attached to an aromatic ring is 1. The average molecular weight is 290 g/mol. The molecule has 0 bridgehead atoms. The summed E-state index contributed by atoms with van der Waals surface area (Å²) in [5, 5.41) is 0. The van der Waals surface area contributed by atoms with Crippen LogP contribution in [0.2, 0.25) is 0 Å². The number of carbonyl (C=O) groups is 1. The highest BCUT2D eigenvalue weighted by atomic mass is 16.5. The number of nitrogens with zero attached hydrogens (tertiary/aromatic N) is 3. The maximum atomic E-state index is 12.1. The lowest BCUT2D eigenvalue weighted by Gasteiger charge is -2.18. The topological polar surface area (TPSA) is 72.9 Å². The summed E-state index contributed by atoms with van der Waals surface area (Å²) in [4.78, 5) is 18.7. The molecule has 0 aliphatic carbocycles. The number of carbonyl (C=O) groups excluding carboxylic acids is 1. The van der Waals surface area contributed by atoms with E-state index in [0.29, 0.717) is 30.2 Å². The molecule has 0 aliphatic rings. The molecule has 2 rings (SSSR count). The number of anilines is 1. The maximum absolute atomic E-state index is 12.1. The van der Waals surface area contributed by atoms with Gasteiger partial charge in [0.25, 0.3) is 0 Å². The highest BCUT2D eigenvalue weighted by Gasteiger charge is 2.21. The van der Waals surface area contributed by atoms with E-state index in [2.05, 4.69) is 23.7 Å². The maximum Gasteiger partial charge on any atom is 0.358 e. The van der Waals surface area contributed by atoms with Gasteiger partial charge in [-0.1, -0.05) is 13.8 Å². The van der Waals surface area contributed by atoms with Crippen molar-refractivity contribution in [3.8, 4) is 0 Å². The molecule has 0 radical (unpaired) electrons. The third-order valence-corrected chi connectivity index (χ3v) is 3.48. The number of hydrogen-bond donors (Lipinski definition) is 1. The quantitative estimate of drug-likeness (QED) is 0.823. The third kappa shape index (κ3) is 3.16. The fourth-order valence-corrected chi connectivity index (χ4v) is 2.28. The predicted octanol–water partition coefficient (Wildman–Crippen LogP) is 1.94. The Bertz CT molecular complexity index is 632. The van der Waals surface area contributed by atoms with Gasteiger partial charge < -0.3 is 10.5 Å². The smallest absolute Gasteiger partial charge is 0.358 e. The van der Waals surface area contributed by atoms with E-state index in [1.54, 1.807) is 19.2 Å². The molecular formula is C15H22N4O2. The molecule has 2 aromatic rings. The van der Waals surface area contributed by atoms with Crippen LogP contribution in [0, 0.1) is 0 Å². The fraction of sp³-hybridized carbons (Fsp3) is 0.467. The highest BCUT2D eigenvalue weighted by Crippen LogP contribution is 2.18. The molecule has 0 aliphatic heterocycles. The molecule has 0 fully saturated rings. The van der Waals surface area contributed by atoms with E-state index in [0.717, 1.165) is 18.8 Å². The lowest BCUT2D eigenvalue weighted by molar-refractivity contribution is 0.0517. The number of rotatable bonds is 6. The lowest BCUT2D eigenvalue weighted by atomic mass is 10.3. The Morgan fingerprint density at radius 1 is 1.33 bits per heavy atom. The molecule has 2 heterocycles. The standard InChI is InChI=1S/C15H22N4O2/c1-4-18(5-2)10-12-14(15(20)21-6-3)17-13-8-7-11(16)9-19(12)13/h7-9H,4-6,10,16H2,1-3H3. The van der Waals surface area contributed by atoms with Gasteiger partial charge in [-0.15, -0.1) is 0 Å². The van der Waals surface area contributed by atoms with Crippen molar-refractivity contribution in [1.82, 2.24) is 14.3 Å². The molecule has 6 nitrogen and oxygen atoms in total. The van der Waals surface area contributed by atoms with E-state index < -0.39 is 0 Å². The number of fused-ring (bicyclic) bond motifs is 1. The van der Waals surface area contributed by atoms with Crippen LogP contribution in [0.3, 0.4) is 0 Å². The minimum atomic E-state index is -0.387. The van der Waals surface area contributed by atoms with Gasteiger partial charge in [0.15, 0.2) is 5.69 Å². The molecule has 0 saturated heterocycles. The molecule has 0 aromatic carbocycles. The Balaban J connectivity index is 2.52. The summed E-state index contributed by atoms with van der Waals surface area (Å²) in [6, 6.07) is 3.59. The van der Waals surface area contributed by atoms with Crippen molar-refractivity contribution in [1.29, 1.82) is 0 Å². The summed E-state index contributed by atoms with van der Waals surface area (Å²) in [7, 11) is 0. The van der Waals surface area contributed by atoms with Gasteiger partial charge in [0.05, 0.1) is 12.3 Å². The molecule has 114 valence electrons. The monoisotopic (exact) mass is 290 g/mol. The van der Waals surface area contributed by atoms with Crippen LogP contribution in [0.5, 0.6) is 0 Å². The second-order valence-corrected chi connectivity index (χ2v) is 4.78. The zero-order valence-corrected chi connectivity index (χ0v) is 12.8. The third-order valence-electron chi connectivity index (χ3n) is 3.48. The molecule has 0 amide bonds. The van der Waals surface area contributed by atoms with Gasteiger partial charge >= 0.3 is 5.97 Å². The first-order valence-electron chi connectivity index (χ1n) is 7.26. The van der Waals surface area contributed by atoms with E-state index in [1.165, 1.54) is 0 Å². The number of esters is 1. The molecule has 0 atom stereocenters. The number of pyridine rings is 1. The summed E-state index contributed by atoms with van der Waals surface area (Å²) >= 11 is 0. The van der Waals surface area contributed by atoms with Crippen molar-refractivity contribution in [2.45, 2.75) is 27.3 Å². The van der Waals surface area contributed by atoms with Gasteiger partial charge in [-0.3, -0.25) is 9.30 Å². The average Bonchev–Trinajstić information content (AvgIpc) is 2.83.